The molecule has 2 nitrogen and oxygen atoms in total. The van der Waals surface area contributed by atoms with Crippen molar-refractivity contribution in [3.8, 4) is 0 Å². The van der Waals surface area contributed by atoms with Crippen LogP contribution in [0.3, 0.4) is 0 Å². The average Bonchev–Trinajstić information content (AvgIpc) is 2.56. The molecular formula is C12H13NO. The van der Waals surface area contributed by atoms with Gasteiger partial charge in [-0.3, -0.25) is 4.79 Å². The molecule has 1 aromatic carbocycles. The molecule has 1 heterocycles. The van der Waals surface area contributed by atoms with Gasteiger partial charge in [-0.1, -0.05) is 18.2 Å². The minimum Gasteiger partial charge on any atom is -0.338 e. The van der Waals surface area contributed by atoms with E-state index in [0.29, 0.717) is 0 Å². The van der Waals surface area contributed by atoms with Gasteiger partial charge in [0.1, 0.15) is 0 Å². The lowest BCUT2D eigenvalue weighted by Gasteiger charge is -2.03. The van der Waals surface area contributed by atoms with Crippen LogP contribution in [0.15, 0.2) is 30.3 Å². The molecule has 0 spiro atoms. The van der Waals surface area contributed by atoms with Gasteiger partial charge in [0.25, 0.3) is 0 Å². The molecule has 0 radical (unpaired) electrons. The molecule has 0 bridgehead atoms. The summed E-state index contributed by atoms with van der Waals surface area (Å²) in [5, 5.41) is 1.14. The van der Waals surface area contributed by atoms with Crippen LogP contribution in [0, 0.1) is 0 Å². The van der Waals surface area contributed by atoms with Crippen LogP contribution in [0.25, 0.3) is 10.9 Å². The van der Waals surface area contributed by atoms with Crippen molar-refractivity contribution in [3.63, 3.8) is 0 Å². The van der Waals surface area contributed by atoms with E-state index in [0.717, 1.165) is 23.1 Å². The van der Waals surface area contributed by atoms with Gasteiger partial charge in [0.2, 0.25) is 0 Å². The van der Waals surface area contributed by atoms with Crippen molar-refractivity contribution in [3.05, 3.63) is 36.0 Å². The van der Waals surface area contributed by atoms with Crippen molar-refractivity contribution in [1.29, 1.82) is 0 Å². The van der Waals surface area contributed by atoms with Crippen molar-refractivity contribution in [2.24, 2.45) is 0 Å². The Kier molecular flexibility index (Phi) is 2.12. The number of aryl methyl sites for hydroxylation is 1. The van der Waals surface area contributed by atoms with Gasteiger partial charge in [-0.05, 0) is 19.1 Å². The summed E-state index contributed by atoms with van der Waals surface area (Å²) in [6.07, 6.45) is 0. The number of carbonyl (C=O) groups excluding carboxylic acids is 1. The monoisotopic (exact) mass is 187 g/mol. The Balaban J connectivity index is 2.78. The summed E-state index contributed by atoms with van der Waals surface area (Å²) in [4.78, 5) is 11.4. The summed E-state index contributed by atoms with van der Waals surface area (Å²) in [7, 11) is 0. The number of rotatable bonds is 2. The standard InChI is InChI=1S/C12H13NO/c1-3-13-11-7-5-4-6-10(11)8-12(13)9(2)14/h4-8H,3H2,1-2H3. The lowest BCUT2D eigenvalue weighted by molar-refractivity contribution is 0.100. The molecule has 2 rings (SSSR count). The Bertz CT molecular complexity index is 482. The van der Waals surface area contributed by atoms with Gasteiger partial charge in [0.05, 0.1) is 5.69 Å². The van der Waals surface area contributed by atoms with Crippen molar-refractivity contribution in [2.75, 3.05) is 0 Å². The van der Waals surface area contributed by atoms with E-state index in [1.165, 1.54) is 0 Å². The highest BCUT2D eigenvalue weighted by atomic mass is 16.1. The molecule has 0 amide bonds. The van der Waals surface area contributed by atoms with Gasteiger partial charge in [0.15, 0.2) is 5.78 Å². The molecule has 2 aromatic rings. The Hall–Kier alpha value is -1.57. The fourth-order valence-corrected chi connectivity index (χ4v) is 1.84. The molecule has 0 aliphatic carbocycles. The SMILES string of the molecule is CCn1c(C(C)=O)cc2ccccc21. The number of fused-ring (bicyclic) bond motifs is 1. The third kappa shape index (κ3) is 1.23. The maximum atomic E-state index is 11.4. The zero-order valence-electron chi connectivity index (χ0n) is 8.45. The predicted molar refractivity (Wildman–Crippen MR) is 57.6 cm³/mol. The van der Waals surface area contributed by atoms with Crippen molar-refractivity contribution in [2.45, 2.75) is 20.4 Å². The van der Waals surface area contributed by atoms with Gasteiger partial charge in [-0.15, -0.1) is 0 Å². The Labute approximate surface area is 83.2 Å². The molecule has 14 heavy (non-hydrogen) atoms. The van der Waals surface area contributed by atoms with Crippen LogP contribution in [0.4, 0.5) is 0 Å². The van der Waals surface area contributed by atoms with Crippen LogP contribution in [-0.4, -0.2) is 10.4 Å². The van der Waals surface area contributed by atoms with Gasteiger partial charge < -0.3 is 4.57 Å². The van der Waals surface area contributed by atoms with E-state index >= 15 is 0 Å². The molecule has 0 saturated heterocycles. The summed E-state index contributed by atoms with van der Waals surface area (Å²) in [5.41, 5.74) is 1.94. The lowest BCUT2D eigenvalue weighted by atomic mass is 10.2. The lowest BCUT2D eigenvalue weighted by Crippen LogP contribution is -2.04. The fraction of sp³-hybridized carbons (Fsp3) is 0.250. The van der Waals surface area contributed by atoms with Crippen LogP contribution in [-0.2, 0) is 6.54 Å². The van der Waals surface area contributed by atoms with Crippen LogP contribution in [0.5, 0.6) is 0 Å². The van der Waals surface area contributed by atoms with E-state index in [1.807, 2.05) is 30.3 Å². The second kappa shape index (κ2) is 3.29. The van der Waals surface area contributed by atoms with Gasteiger partial charge >= 0.3 is 0 Å². The molecule has 0 aliphatic heterocycles. The van der Waals surface area contributed by atoms with E-state index in [9.17, 15) is 4.79 Å². The summed E-state index contributed by atoms with van der Waals surface area (Å²) in [6, 6.07) is 10.0. The molecule has 0 fully saturated rings. The summed E-state index contributed by atoms with van der Waals surface area (Å²) >= 11 is 0. The molecule has 0 N–H and O–H groups in total. The number of para-hydroxylation sites is 1. The van der Waals surface area contributed by atoms with E-state index in [1.54, 1.807) is 6.92 Å². The minimum absolute atomic E-state index is 0.128. The van der Waals surface area contributed by atoms with Crippen molar-refractivity contribution >= 4 is 16.7 Å². The molecule has 0 atom stereocenters. The summed E-state index contributed by atoms with van der Waals surface area (Å²) < 4.78 is 2.05. The Morgan fingerprint density at radius 3 is 2.71 bits per heavy atom. The maximum Gasteiger partial charge on any atom is 0.176 e. The second-order valence-corrected chi connectivity index (χ2v) is 3.39. The number of Topliss-reactive ketones (excluding diaryl/α,β-unsaturated/α-hetero) is 1. The molecule has 0 saturated carbocycles. The van der Waals surface area contributed by atoms with Crippen molar-refractivity contribution < 1.29 is 4.79 Å². The highest BCUT2D eigenvalue weighted by molar-refractivity contribution is 5.98. The first-order valence-electron chi connectivity index (χ1n) is 4.83. The molecule has 72 valence electrons. The van der Waals surface area contributed by atoms with Crippen LogP contribution in [0.2, 0.25) is 0 Å². The zero-order valence-corrected chi connectivity index (χ0v) is 8.45. The van der Waals surface area contributed by atoms with Crippen molar-refractivity contribution in [1.82, 2.24) is 4.57 Å². The molecule has 2 heteroatoms. The maximum absolute atomic E-state index is 11.4. The highest BCUT2D eigenvalue weighted by Gasteiger charge is 2.09. The summed E-state index contributed by atoms with van der Waals surface area (Å²) in [5.74, 6) is 0.128. The molecule has 1 aromatic heterocycles. The van der Waals surface area contributed by atoms with E-state index in [4.69, 9.17) is 0 Å². The number of carbonyl (C=O) groups is 1. The molecular weight excluding hydrogens is 174 g/mol. The number of nitrogens with zero attached hydrogens (tertiary/aromatic N) is 1. The average molecular weight is 187 g/mol. The van der Waals surface area contributed by atoms with E-state index in [-0.39, 0.29) is 5.78 Å². The van der Waals surface area contributed by atoms with Crippen LogP contribution in [0.1, 0.15) is 24.3 Å². The first-order valence-corrected chi connectivity index (χ1v) is 4.83. The zero-order chi connectivity index (χ0) is 10.1. The Morgan fingerprint density at radius 1 is 1.36 bits per heavy atom. The topological polar surface area (TPSA) is 22.0 Å². The highest BCUT2D eigenvalue weighted by Crippen LogP contribution is 2.19. The first kappa shape index (κ1) is 9.00. The molecule has 0 aliphatic rings. The normalized spacial score (nSPS) is 10.7. The smallest absolute Gasteiger partial charge is 0.176 e. The number of ketones is 1. The van der Waals surface area contributed by atoms with Gasteiger partial charge in [0, 0.05) is 24.4 Å². The third-order valence-corrected chi connectivity index (χ3v) is 2.49. The second-order valence-electron chi connectivity index (χ2n) is 3.39. The third-order valence-electron chi connectivity index (χ3n) is 2.49. The summed E-state index contributed by atoms with van der Waals surface area (Å²) in [6.45, 7) is 4.50. The predicted octanol–water partition coefficient (Wildman–Crippen LogP) is 2.86. The van der Waals surface area contributed by atoms with Gasteiger partial charge in [-0.2, -0.15) is 0 Å². The minimum atomic E-state index is 0.128. The fourth-order valence-electron chi connectivity index (χ4n) is 1.84. The van der Waals surface area contributed by atoms with E-state index < -0.39 is 0 Å². The number of aromatic nitrogens is 1. The van der Waals surface area contributed by atoms with Gasteiger partial charge in [-0.25, -0.2) is 0 Å². The Morgan fingerprint density at radius 2 is 2.07 bits per heavy atom. The first-order chi connectivity index (χ1) is 6.74. The van der Waals surface area contributed by atoms with Crippen LogP contribution >= 0.6 is 0 Å². The van der Waals surface area contributed by atoms with E-state index in [2.05, 4.69) is 11.5 Å². The van der Waals surface area contributed by atoms with Crippen LogP contribution < -0.4 is 0 Å². The largest absolute Gasteiger partial charge is 0.338 e. The molecule has 0 unspecified atom stereocenters. The number of hydrogen-bond acceptors (Lipinski definition) is 1. The number of hydrogen-bond donors (Lipinski definition) is 0. The number of benzene rings is 1. The quantitative estimate of drug-likeness (QED) is 0.662.